The molecule has 1 heterocycles. The summed E-state index contributed by atoms with van der Waals surface area (Å²) in [6.07, 6.45) is 0.480. The Hall–Kier alpha value is -8.10. The number of nitrogens with zero attached hydrogens (tertiary/aromatic N) is 5. The van der Waals surface area contributed by atoms with E-state index in [1.807, 2.05) is 39.8 Å². The number of rotatable bonds is 14. The van der Waals surface area contributed by atoms with Crippen LogP contribution in [-0.2, 0) is 33.3 Å². The van der Waals surface area contributed by atoms with Crippen LogP contribution in [0.2, 0.25) is 0 Å². The lowest BCUT2D eigenvalue weighted by Crippen LogP contribution is -2.20. The Bertz CT molecular complexity index is 3290. The van der Waals surface area contributed by atoms with E-state index in [1.165, 1.54) is 30.3 Å². The van der Waals surface area contributed by atoms with Crippen molar-refractivity contribution >= 4 is 55.1 Å². The summed E-state index contributed by atoms with van der Waals surface area (Å²) >= 11 is 0. The lowest BCUT2D eigenvalue weighted by atomic mass is 9.91. The summed E-state index contributed by atoms with van der Waals surface area (Å²) in [6, 6.07) is 31.2. The van der Waals surface area contributed by atoms with Crippen LogP contribution in [0.5, 0.6) is 11.5 Å². The number of carbonyl (C=O) groups is 1. The predicted octanol–water partition coefficient (Wildman–Crippen LogP) is 10.7. The number of nitriles is 1. The van der Waals surface area contributed by atoms with Crippen LogP contribution in [0, 0.1) is 35.3 Å². The first-order chi connectivity index (χ1) is 31.4. The van der Waals surface area contributed by atoms with Crippen molar-refractivity contribution in [1.29, 1.82) is 5.26 Å². The number of nitrogens with one attached hydrogen (secondary N) is 2. The first-order valence-corrected chi connectivity index (χ1v) is 22.2. The highest BCUT2D eigenvalue weighted by molar-refractivity contribution is 7.92. The predicted molar refractivity (Wildman–Crippen MR) is 250 cm³/mol. The minimum atomic E-state index is -4.25. The Morgan fingerprint density at radius 3 is 2.30 bits per heavy atom. The number of hydrogen-bond donors (Lipinski definition) is 3. The maximum Gasteiger partial charge on any atom is 0.296 e. The lowest BCUT2D eigenvalue weighted by molar-refractivity contribution is -0.384. The van der Waals surface area contributed by atoms with Gasteiger partial charge in [0, 0.05) is 28.7 Å². The number of fused-ring (bicyclic) bond motifs is 1. The van der Waals surface area contributed by atoms with Gasteiger partial charge < -0.3 is 19.7 Å². The molecule has 0 saturated heterocycles. The van der Waals surface area contributed by atoms with Gasteiger partial charge in [-0.25, -0.2) is 8.42 Å². The molecule has 66 heavy (non-hydrogen) atoms. The van der Waals surface area contributed by atoms with E-state index >= 15 is 0 Å². The number of carbonyl (C=O) groups excluding carboxylic acids is 1. The smallest absolute Gasteiger partial charge is 0.296 e. The third-order valence-electron chi connectivity index (χ3n) is 10.5. The van der Waals surface area contributed by atoms with E-state index in [9.17, 15) is 38.5 Å². The van der Waals surface area contributed by atoms with Gasteiger partial charge in [0.05, 0.1) is 38.0 Å². The molecule has 7 rings (SSSR count). The molecule has 0 atom stereocenters. The number of amides is 1. The van der Waals surface area contributed by atoms with Crippen LogP contribution in [0.15, 0.2) is 134 Å². The minimum Gasteiger partial charge on any atom is -0.505 e. The van der Waals surface area contributed by atoms with Crippen LogP contribution in [-0.4, -0.2) is 29.1 Å². The first-order valence-electron chi connectivity index (χ1n) is 20.7. The Morgan fingerprint density at radius 1 is 0.909 bits per heavy atom. The second-order valence-electron chi connectivity index (χ2n) is 16.6. The van der Waals surface area contributed by atoms with Gasteiger partial charge in [-0.05, 0) is 97.1 Å². The number of benzene rings is 6. The number of azo groups is 1. The fraction of sp³-hybridized carbons (Fsp3) is 0.204. The largest absolute Gasteiger partial charge is 0.505 e. The molecule has 0 unspecified atom stereocenters. The third-order valence-corrected chi connectivity index (χ3v) is 11.9. The number of hydrogen-bond acceptors (Lipinski definition) is 12. The summed E-state index contributed by atoms with van der Waals surface area (Å²) in [4.78, 5) is 37.4. The fourth-order valence-electron chi connectivity index (χ4n) is 7.24. The number of aromatic hydroxyl groups is 1. The van der Waals surface area contributed by atoms with Crippen LogP contribution < -0.4 is 20.3 Å². The molecule has 0 bridgehead atoms. The number of aromatic nitrogens is 1. The average Bonchev–Trinajstić information content (AvgIpc) is 3.62. The number of sulfonamides is 1. The monoisotopic (exact) mass is 907 g/mol. The molecular formula is C49H45N7O9S. The molecular weight excluding hydrogens is 863 g/mol. The highest BCUT2D eigenvalue weighted by Crippen LogP contribution is 2.44. The minimum absolute atomic E-state index is 0.00881. The van der Waals surface area contributed by atoms with Crippen molar-refractivity contribution in [2.24, 2.45) is 10.2 Å². The maximum absolute atomic E-state index is 14.1. The molecule has 6 aromatic carbocycles. The lowest BCUT2D eigenvalue weighted by Gasteiger charge is -2.16. The fourth-order valence-corrected chi connectivity index (χ4v) is 8.38. The third kappa shape index (κ3) is 9.83. The summed E-state index contributed by atoms with van der Waals surface area (Å²) in [5.41, 5.74) is 2.55. The van der Waals surface area contributed by atoms with Gasteiger partial charge in [0.1, 0.15) is 29.9 Å². The van der Waals surface area contributed by atoms with Crippen LogP contribution in [0.3, 0.4) is 0 Å². The first kappa shape index (κ1) is 45.9. The molecule has 17 heteroatoms. The van der Waals surface area contributed by atoms with Crippen LogP contribution in [0.1, 0.15) is 73.3 Å². The van der Waals surface area contributed by atoms with Gasteiger partial charge in [-0.15, -0.1) is 15.0 Å². The number of phenols is 1. The van der Waals surface area contributed by atoms with E-state index in [2.05, 4.69) is 26.3 Å². The van der Waals surface area contributed by atoms with Gasteiger partial charge in [-0.2, -0.15) is 5.26 Å². The Labute approximate surface area is 380 Å². The summed E-state index contributed by atoms with van der Waals surface area (Å²) in [5.74, 6) is 0.0941. The molecule has 1 aromatic heterocycles. The van der Waals surface area contributed by atoms with Gasteiger partial charge in [-0.1, -0.05) is 76.2 Å². The topological polar surface area (TPSA) is 232 Å². The summed E-state index contributed by atoms with van der Waals surface area (Å²) in [6.45, 7) is 10.6. The van der Waals surface area contributed by atoms with E-state index < -0.39 is 25.9 Å². The zero-order valence-electron chi connectivity index (χ0n) is 36.9. The van der Waals surface area contributed by atoms with Crippen molar-refractivity contribution in [2.45, 2.75) is 71.3 Å². The molecule has 1 amide bonds. The number of aryl methyl sites for hydroxylation is 2. The molecule has 336 valence electrons. The van der Waals surface area contributed by atoms with Gasteiger partial charge in [-0.3, -0.25) is 24.4 Å². The Balaban J connectivity index is 1.12. The molecule has 7 aromatic rings. The van der Waals surface area contributed by atoms with Crippen molar-refractivity contribution in [2.75, 3.05) is 10.0 Å². The van der Waals surface area contributed by atoms with E-state index in [4.69, 9.17) is 9.26 Å². The van der Waals surface area contributed by atoms with Crippen LogP contribution in [0.4, 0.5) is 28.4 Å². The highest BCUT2D eigenvalue weighted by atomic mass is 32.2. The highest BCUT2D eigenvalue weighted by Gasteiger charge is 2.31. The van der Waals surface area contributed by atoms with Crippen molar-refractivity contribution in [1.82, 2.24) is 4.74 Å². The Kier molecular flexibility index (Phi) is 12.9. The molecule has 0 fully saturated rings. The van der Waals surface area contributed by atoms with Crippen molar-refractivity contribution in [3.8, 4) is 23.3 Å². The number of nitro groups is 1. The standard InChI is InChI=1S/C49H45N7O9S/c1-7-44(57)51-41-26-40(53-52-38-20-14-29(2)22-33(38)27-50)45-36(46(41)58)12-9-13-39(45)54-66(62,63)35-11-8-10-32(25-35)24-31-16-18-34(19-17-31)64-28-37-47(49(4,5)6)65-55(48(37)59)42-21-15-30(3)23-43(42)56(60)61/h8-23,25-26,54,58H,7,24,28H2,1-6H3,(H,51,57). The van der Waals surface area contributed by atoms with Crippen molar-refractivity contribution in [3.05, 3.63) is 169 Å². The molecule has 16 nitrogen and oxygen atoms in total. The van der Waals surface area contributed by atoms with Gasteiger partial charge >= 0.3 is 0 Å². The zero-order chi connectivity index (χ0) is 47.5. The molecule has 3 N–H and O–H groups in total. The SMILES string of the molecule is CCC(=O)Nc1cc(N=Nc2ccc(C)cc2C#N)c2c(NS(=O)(=O)c3cccc(Cc4ccc(OCc5c(C(C)(C)C)on(-c6ccc(C)cc6[N+](=O)[O-])c5=O)cc4)c3)cccc2c1O. The summed E-state index contributed by atoms with van der Waals surface area (Å²) in [7, 11) is -4.25. The second-order valence-corrected chi connectivity index (χ2v) is 18.3. The quantitative estimate of drug-likeness (QED) is 0.0404. The Morgan fingerprint density at radius 2 is 1.61 bits per heavy atom. The van der Waals surface area contributed by atoms with E-state index in [0.29, 0.717) is 29.1 Å². The normalized spacial score (nSPS) is 11.7. The maximum atomic E-state index is 14.1. The van der Waals surface area contributed by atoms with Crippen molar-refractivity contribution in [3.63, 3.8) is 0 Å². The second kappa shape index (κ2) is 18.6. The number of phenolic OH excluding ortho intramolecular Hbond substituents is 1. The van der Waals surface area contributed by atoms with E-state index in [1.54, 1.807) is 80.6 Å². The molecule has 0 saturated carbocycles. The summed E-state index contributed by atoms with van der Waals surface area (Å²) in [5, 5.41) is 44.6. The van der Waals surface area contributed by atoms with Crippen molar-refractivity contribution < 1.29 is 32.5 Å². The number of anilines is 2. The van der Waals surface area contributed by atoms with Gasteiger partial charge in [0.2, 0.25) is 5.91 Å². The number of ether oxygens (including phenoxy) is 1. The van der Waals surface area contributed by atoms with Gasteiger partial charge in [0.25, 0.3) is 21.3 Å². The molecule has 0 aliphatic carbocycles. The molecule has 0 aliphatic rings. The summed E-state index contributed by atoms with van der Waals surface area (Å²) < 4.78 is 43.8. The molecule has 0 aliphatic heterocycles. The van der Waals surface area contributed by atoms with Gasteiger partial charge in [0.15, 0.2) is 11.4 Å². The molecule has 0 radical (unpaired) electrons. The van der Waals surface area contributed by atoms with E-state index in [-0.39, 0.29) is 85.6 Å². The molecule has 0 spiro atoms. The van der Waals surface area contributed by atoms with Crippen LogP contribution >= 0.6 is 0 Å². The number of nitro benzene ring substituents is 1. The zero-order valence-corrected chi connectivity index (χ0v) is 37.7. The van der Waals surface area contributed by atoms with Crippen LogP contribution in [0.25, 0.3) is 16.5 Å². The van der Waals surface area contributed by atoms with E-state index in [0.717, 1.165) is 15.9 Å². The average molecular weight is 908 g/mol.